The molecule has 0 saturated carbocycles. The molecule has 4 nitrogen and oxygen atoms in total. The number of ketones is 1. The molecule has 4 heteroatoms. The standard InChI is InChI=1S/C17H26N2O2/c1-17(2,3)18-14-12-21-15(16(14)20)11-19(4)10-13-8-6-5-7-9-13/h5-9,14-15,18H,10-12H2,1-4H3. The molecule has 1 aliphatic rings. The van der Waals surface area contributed by atoms with Crippen molar-refractivity contribution in [2.45, 2.75) is 45.0 Å². The highest BCUT2D eigenvalue weighted by Gasteiger charge is 2.37. The minimum atomic E-state index is -0.321. The molecular weight excluding hydrogens is 264 g/mol. The van der Waals surface area contributed by atoms with E-state index in [1.54, 1.807) is 0 Å². The Bertz CT molecular complexity index is 467. The molecule has 1 aliphatic heterocycles. The Morgan fingerprint density at radius 3 is 2.57 bits per heavy atom. The summed E-state index contributed by atoms with van der Waals surface area (Å²) in [4.78, 5) is 14.5. The number of carbonyl (C=O) groups excluding carboxylic acids is 1. The van der Waals surface area contributed by atoms with E-state index in [-0.39, 0.29) is 23.5 Å². The second-order valence-corrected chi connectivity index (χ2v) is 6.85. The van der Waals surface area contributed by atoms with Crippen LogP contribution >= 0.6 is 0 Å². The second-order valence-electron chi connectivity index (χ2n) is 6.85. The lowest BCUT2D eigenvalue weighted by atomic mass is 10.0. The van der Waals surface area contributed by atoms with Gasteiger partial charge in [0.15, 0.2) is 5.78 Å². The Kier molecular flexibility index (Phi) is 5.14. The summed E-state index contributed by atoms with van der Waals surface area (Å²) < 4.78 is 5.68. The Labute approximate surface area is 127 Å². The Morgan fingerprint density at radius 1 is 1.29 bits per heavy atom. The highest BCUT2D eigenvalue weighted by atomic mass is 16.5. The predicted molar refractivity (Wildman–Crippen MR) is 84.2 cm³/mol. The van der Waals surface area contributed by atoms with Gasteiger partial charge in [-0.25, -0.2) is 0 Å². The van der Waals surface area contributed by atoms with Gasteiger partial charge in [0.2, 0.25) is 0 Å². The van der Waals surface area contributed by atoms with Gasteiger partial charge in [0.05, 0.1) is 12.6 Å². The molecule has 1 saturated heterocycles. The summed E-state index contributed by atoms with van der Waals surface area (Å²) in [5.74, 6) is 0.171. The number of likely N-dealkylation sites (N-methyl/N-ethyl adjacent to an activating group) is 1. The van der Waals surface area contributed by atoms with Crippen molar-refractivity contribution < 1.29 is 9.53 Å². The molecule has 1 aromatic carbocycles. The van der Waals surface area contributed by atoms with Crippen molar-refractivity contribution in [1.29, 1.82) is 0 Å². The summed E-state index contributed by atoms with van der Waals surface area (Å²) in [5, 5.41) is 3.33. The van der Waals surface area contributed by atoms with E-state index in [1.807, 2.05) is 25.2 Å². The number of nitrogens with zero attached hydrogens (tertiary/aromatic N) is 1. The molecular formula is C17H26N2O2. The van der Waals surface area contributed by atoms with Gasteiger partial charge in [0, 0.05) is 18.6 Å². The first kappa shape index (κ1) is 16.1. The van der Waals surface area contributed by atoms with Crippen molar-refractivity contribution in [3.63, 3.8) is 0 Å². The van der Waals surface area contributed by atoms with Crippen LogP contribution in [-0.4, -0.2) is 48.6 Å². The molecule has 1 heterocycles. The van der Waals surface area contributed by atoms with E-state index >= 15 is 0 Å². The molecule has 2 rings (SSSR count). The van der Waals surface area contributed by atoms with E-state index in [2.05, 4.69) is 43.1 Å². The fourth-order valence-corrected chi connectivity index (χ4v) is 2.62. The van der Waals surface area contributed by atoms with Gasteiger partial charge in [0.25, 0.3) is 0 Å². The smallest absolute Gasteiger partial charge is 0.182 e. The molecule has 116 valence electrons. The predicted octanol–water partition coefficient (Wildman–Crippen LogP) is 1.84. The van der Waals surface area contributed by atoms with E-state index in [4.69, 9.17) is 4.74 Å². The molecule has 2 unspecified atom stereocenters. The van der Waals surface area contributed by atoms with E-state index in [0.29, 0.717) is 13.2 Å². The third-order valence-corrected chi connectivity index (χ3v) is 3.50. The maximum Gasteiger partial charge on any atom is 0.182 e. The zero-order valence-corrected chi connectivity index (χ0v) is 13.4. The fourth-order valence-electron chi connectivity index (χ4n) is 2.62. The number of carbonyl (C=O) groups is 1. The van der Waals surface area contributed by atoms with Crippen LogP contribution in [0, 0.1) is 0 Å². The van der Waals surface area contributed by atoms with Crippen LogP contribution in [-0.2, 0) is 16.1 Å². The average molecular weight is 290 g/mol. The quantitative estimate of drug-likeness (QED) is 0.898. The van der Waals surface area contributed by atoms with Crippen molar-refractivity contribution >= 4 is 5.78 Å². The van der Waals surface area contributed by atoms with Crippen molar-refractivity contribution in [1.82, 2.24) is 10.2 Å². The van der Waals surface area contributed by atoms with Crippen LogP contribution in [0.15, 0.2) is 30.3 Å². The van der Waals surface area contributed by atoms with Gasteiger partial charge >= 0.3 is 0 Å². The summed E-state index contributed by atoms with van der Waals surface area (Å²) in [6.45, 7) is 8.13. The van der Waals surface area contributed by atoms with E-state index in [0.717, 1.165) is 6.54 Å². The highest BCUT2D eigenvalue weighted by molar-refractivity contribution is 5.90. The third kappa shape index (κ3) is 4.92. The molecule has 1 aromatic rings. The fraction of sp³-hybridized carbons (Fsp3) is 0.588. The first-order chi connectivity index (χ1) is 9.85. The first-order valence-corrected chi connectivity index (χ1v) is 7.50. The molecule has 0 spiro atoms. The molecule has 21 heavy (non-hydrogen) atoms. The number of ether oxygens (including phenoxy) is 1. The zero-order valence-electron chi connectivity index (χ0n) is 13.4. The summed E-state index contributed by atoms with van der Waals surface area (Å²) in [6.07, 6.45) is -0.321. The molecule has 1 fully saturated rings. The Balaban J connectivity index is 1.85. The number of hydrogen-bond donors (Lipinski definition) is 1. The highest BCUT2D eigenvalue weighted by Crippen LogP contribution is 2.14. The number of nitrogens with one attached hydrogen (secondary N) is 1. The van der Waals surface area contributed by atoms with Gasteiger partial charge in [-0.15, -0.1) is 0 Å². The Hall–Kier alpha value is -1.23. The first-order valence-electron chi connectivity index (χ1n) is 7.50. The lowest BCUT2D eigenvalue weighted by Gasteiger charge is -2.24. The zero-order chi connectivity index (χ0) is 15.5. The van der Waals surface area contributed by atoms with E-state index in [1.165, 1.54) is 5.56 Å². The van der Waals surface area contributed by atoms with Gasteiger partial charge in [0.1, 0.15) is 6.10 Å². The van der Waals surface area contributed by atoms with Crippen LogP contribution in [0.3, 0.4) is 0 Å². The molecule has 0 bridgehead atoms. The maximum atomic E-state index is 12.4. The minimum Gasteiger partial charge on any atom is -0.367 e. The normalized spacial score (nSPS) is 23.0. The SMILES string of the molecule is CN(Cc1ccccc1)CC1OCC(NC(C)(C)C)C1=O. The largest absolute Gasteiger partial charge is 0.367 e. The van der Waals surface area contributed by atoms with E-state index in [9.17, 15) is 4.79 Å². The summed E-state index contributed by atoms with van der Waals surface area (Å²) in [7, 11) is 2.02. The van der Waals surface area contributed by atoms with Gasteiger partial charge < -0.3 is 10.1 Å². The lowest BCUT2D eigenvalue weighted by Crippen LogP contribution is -2.48. The maximum absolute atomic E-state index is 12.4. The third-order valence-electron chi connectivity index (χ3n) is 3.50. The van der Waals surface area contributed by atoms with Crippen molar-refractivity contribution in [2.24, 2.45) is 0 Å². The second kappa shape index (κ2) is 6.69. The summed E-state index contributed by atoms with van der Waals surface area (Å²) in [6, 6.07) is 10.1. The number of hydrogen-bond acceptors (Lipinski definition) is 4. The molecule has 0 amide bonds. The molecule has 2 atom stereocenters. The van der Waals surface area contributed by atoms with Gasteiger partial charge in [-0.3, -0.25) is 9.69 Å². The van der Waals surface area contributed by atoms with Crippen molar-refractivity contribution in [3.05, 3.63) is 35.9 Å². The summed E-state index contributed by atoms with van der Waals surface area (Å²) >= 11 is 0. The van der Waals surface area contributed by atoms with E-state index < -0.39 is 0 Å². The molecule has 0 aromatic heterocycles. The van der Waals surface area contributed by atoms with Crippen molar-refractivity contribution in [3.8, 4) is 0 Å². The van der Waals surface area contributed by atoms with Crippen LogP contribution < -0.4 is 5.32 Å². The van der Waals surface area contributed by atoms with Crippen LogP contribution in [0.4, 0.5) is 0 Å². The molecule has 0 aliphatic carbocycles. The Morgan fingerprint density at radius 2 is 1.95 bits per heavy atom. The average Bonchev–Trinajstić information content (AvgIpc) is 2.71. The summed E-state index contributed by atoms with van der Waals surface area (Å²) in [5.41, 5.74) is 1.17. The van der Waals surface area contributed by atoms with Crippen LogP contribution in [0.1, 0.15) is 26.3 Å². The van der Waals surface area contributed by atoms with Crippen molar-refractivity contribution in [2.75, 3.05) is 20.2 Å². The lowest BCUT2D eigenvalue weighted by molar-refractivity contribution is -0.124. The van der Waals surface area contributed by atoms with Gasteiger partial charge in [-0.2, -0.15) is 0 Å². The van der Waals surface area contributed by atoms with Crippen LogP contribution in [0.5, 0.6) is 0 Å². The monoisotopic (exact) mass is 290 g/mol. The molecule has 1 N–H and O–H groups in total. The van der Waals surface area contributed by atoms with Gasteiger partial charge in [-0.05, 0) is 33.4 Å². The minimum absolute atomic E-state index is 0.0749. The van der Waals surface area contributed by atoms with Crippen LogP contribution in [0.2, 0.25) is 0 Å². The number of Topliss-reactive ketones (excluding diaryl/α,β-unsaturated/α-hetero) is 1. The molecule has 0 radical (unpaired) electrons. The number of rotatable bonds is 5. The van der Waals surface area contributed by atoms with Crippen LogP contribution in [0.25, 0.3) is 0 Å². The topological polar surface area (TPSA) is 41.6 Å². The van der Waals surface area contributed by atoms with Gasteiger partial charge in [-0.1, -0.05) is 30.3 Å². The number of benzene rings is 1.